The topological polar surface area (TPSA) is 95.6 Å². The van der Waals surface area contributed by atoms with Crippen molar-refractivity contribution in [1.82, 2.24) is 20.2 Å². The smallest absolute Gasteiger partial charge is 0.292 e. The lowest BCUT2D eigenvalue weighted by molar-refractivity contribution is 0.262. The largest absolute Gasteiger partial charge is 0.326 e. The maximum atomic E-state index is 11.4. The van der Waals surface area contributed by atoms with E-state index in [1.165, 1.54) is 18.6 Å². The molecule has 0 saturated heterocycles. The van der Waals surface area contributed by atoms with Gasteiger partial charge in [-0.3, -0.25) is 15.7 Å². The van der Waals surface area contributed by atoms with E-state index in [-0.39, 0.29) is 5.15 Å². The summed E-state index contributed by atoms with van der Waals surface area (Å²) in [4.78, 5) is 19.0. The van der Waals surface area contributed by atoms with E-state index < -0.39 is 6.03 Å². The lowest BCUT2D eigenvalue weighted by atomic mass is 10.6. The number of nitrogens with zero attached hydrogens (tertiary/aromatic N) is 3. The van der Waals surface area contributed by atoms with Crippen molar-refractivity contribution in [3.8, 4) is 0 Å². The predicted molar refractivity (Wildman–Crippen MR) is 58.3 cm³/mol. The number of H-pyrrole nitrogens is 1. The molecule has 2 heterocycles. The van der Waals surface area contributed by atoms with Gasteiger partial charge in [-0.1, -0.05) is 11.6 Å². The first-order valence-electron chi connectivity index (χ1n) is 4.29. The predicted octanol–water partition coefficient (Wildman–Crippen LogP) is 1.50. The minimum atomic E-state index is -0.444. The number of rotatable bonds is 2. The molecule has 0 aliphatic rings. The highest BCUT2D eigenvalue weighted by Gasteiger charge is 2.04. The molecule has 0 unspecified atom stereocenters. The number of amides is 2. The van der Waals surface area contributed by atoms with Gasteiger partial charge in [0.15, 0.2) is 5.82 Å². The van der Waals surface area contributed by atoms with Gasteiger partial charge in [-0.05, 0) is 0 Å². The maximum Gasteiger partial charge on any atom is 0.326 e. The van der Waals surface area contributed by atoms with E-state index in [0.29, 0.717) is 11.6 Å². The van der Waals surface area contributed by atoms with Gasteiger partial charge in [-0.15, -0.1) is 0 Å². The third-order valence-electron chi connectivity index (χ3n) is 1.61. The molecule has 82 valence electrons. The molecule has 16 heavy (non-hydrogen) atoms. The molecular formula is C8H7ClN6O. The summed E-state index contributed by atoms with van der Waals surface area (Å²) >= 11 is 5.55. The van der Waals surface area contributed by atoms with Gasteiger partial charge in [0.25, 0.3) is 0 Å². The van der Waals surface area contributed by atoms with E-state index in [4.69, 9.17) is 11.6 Å². The van der Waals surface area contributed by atoms with Crippen molar-refractivity contribution in [2.75, 3.05) is 10.6 Å². The van der Waals surface area contributed by atoms with Gasteiger partial charge in [0.05, 0.1) is 18.6 Å². The molecule has 0 aliphatic heterocycles. The van der Waals surface area contributed by atoms with Crippen LogP contribution in [0.2, 0.25) is 5.15 Å². The number of aromatic amines is 1. The van der Waals surface area contributed by atoms with Gasteiger partial charge in [-0.2, -0.15) is 5.10 Å². The lowest BCUT2D eigenvalue weighted by Crippen LogP contribution is -2.20. The molecule has 2 amide bonds. The average molecular weight is 239 g/mol. The van der Waals surface area contributed by atoms with Crippen LogP contribution in [0.4, 0.5) is 16.4 Å². The van der Waals surface area contributed by atoms with Crippen LogP contribution in [0.25, 0.3) is 0 Å². The van der Waals surface area contributed by atoms with E-state index >= 15 is 0 Å². The van der Waals surface area contributed by atoms with Crippen LogP contribution in [0.5, 0.6) is 0 Å². The van der Waals surface area contributed by atoms with Crippen LogP contribution < -0.4 is 10.6 Å². The molecule has 0 saturated carbocycles. The van der Waals surface area contributed by atoms with Crippen LogP contribution in [0.3, 0.4) is 0 Å². The molecule has 2 rings (SSSR count). The summed E-state index contributed by atoms with van der Waals surface area (Å²) in [6, 6.07) is 1.17. The Bertz CT molecular complexity index is 468. The summed E-state index contributed by atoms with van der Waals surface area (Å²) in [6.07, 6.45) is 4.22. The Morgan fingerprint density at radius 2 is 2.19 bits per heavy atom. The van der Waals surface area contributed by atoms with Gasteiger partial charge < -0.3 is 0 Å². The highest BCUT2D eigenvalue weighted by atomic mass is 35.5. The molecule has 0 aromatic carbocycles. The van der Waals surface area contributed by atoms with Gasteiger partial charge in [0.1, 0.15) is 11.0 Å². The summed E-state index contributed by atoms with van der Waals surface area (Å²) in [6.45, 7) is 0. The first-order chi connectivity index (χ1) is 7.74. The molecule has 0 radical (unpaired) electrons. The van der Waals surface area contributed by atoms with E-state index in [0.717, 1.165) is 0 Å². The summed E-state index contributed by atoms with van der Waals surface area (Å²) in [7, 11) is 0. The molecular weight excluding hydrogens is 232 g/mol. The molecule has 7 nitrogen and oxygen atoms in total. The van der Waals surface area contributed by atoms with Crippen LogP contribution in [-0.4, -0.2) is 26.2 Å². The number of hydrogen-bond acceptors (Lipinski definition) is 4. The molecule has 0 aliphatic carbocycles. The summed E-state index contributed by atoms with van der Waals surface area (Å²) in [5.74, 6) is 0.792. The van der Waals surface area contributed by atoms with E-state index in [9.17, 15) is 4.79 Å². The highest BCUT2D eigenvalue weighted by Crippen LogP contribution is 2.06. The standard InChI is InChI=1S/C8H7ClN6O/c9-5-3-11-7(4-10-5)14-8(16)13-6-1-2-12-15-6/h1-4H,(H3,11,12,13,14,15,16). The number of halogens is 1. The fourth-order valence-electron chi connectivity index (χ4n) is 0.972. The minimum Gasteiger partial charge on any atom is -0.292 e. The minimum absolute atomic E-state index is 0.263. The second kappa shape index (κ2) is 4.58. The number of hydrogen-bond donors (Lipinski definition) is 3. The van der Waals surface area contributed by atoms with Gasteiger partial charge in [-0.25, -0.2) is 14.8 Å². The van der Waals surface area contributed by atoms with Crippen LogP contribution >= 0.6 is 11.6 Å². The van der Waals surface area contributed by atoms with E-state index in [1.54, 1.807) is 6.07 Å². The first-order valence-corrected chi connectivity index (χ1v) is 4.67. The Balaban J connectivity index is 1.95. The normalized spacial score (nSPS) is 9.81. The van der Waals surface area contributed by atoms with E-state index in [1.807, 2.05) is 0 Å². The summed E-state index contributed by atoms with van der Waals surface area (Å²) < 4.78 is 0. The lowest BCUT2D eigenvalue weighted by Gasteiger charge is -2.03. The zero-order valence-corrected chi connectivity index (χ0v) is 8.69. The summed E-state index contributed by atoms with van der Waals surface area (Å²) in [5, 5.41) is 11.5. The SMILES string of the molecule is O=C(Nc1cnc(Cl)cn1)Nc1ccn[nH]1. The zero-order valence-electron chi connectivity index (χ0n) is 7.94. The Morgan fingerprint density at radius 1 is 1.31 bits per heavy atom. The molecule has 0 atom stereocenters. The van der Waals surface area contributed by atoms with E-state index in [2.05, 4.69) is 30.8 Å². The van der Waals surface area contributed by atoms with Crippen molar-refractivity contribution >= 4 is 29.3 Å². The Kier molecular flexibility index (Phi) is 2.97. The Morgan fingerprint density at radius 3 is 2.81 bits per heavy atom. The average Bonchev–Trinajstić information content (AvgIpc) is 2.74. The molecule has 0 fully saturated rings. The monoisotopic (exact) mass is 238 g/mol. The van der Waals surface area contributed by atoms with Crippen LogP contribution in [0.1, 0.15) is 0 Å². The Hall–Kier alpha value is -2.15. The van der Waals surface area contributed by atoms with Crippen molar-refractivity contribution in [1.29, 1.82) is 0 Å². The molecule has 2 aromatic rings. The van der Waals surface area contributed by atoms with Crippen molar-refractivity contribution in [2.24, 2.45) is 0 Å². The van der Waals surface area contributed by atoms with Crippen LogP contribution in [0.15, 0.2) is 24.7 Å². The van der Waals surface area contributed by atoms with Crippen molar-refractivity contribution in [2.45, 2.75) is 0 Å². The van der Waals surface area contributed by atoms with Gasteiger partial charge in [0.2, 0.25) is 0 Å². The van der Waals surface area contributed by atoms with Gasteiger partial charge in [0, 0.05) is 6.07 Å². The van der Waals surface area contributed by atoms with Gasteiger partial charge >= 0.3 is 6.03 Å². The molecule has 0 spiro atoms. The van der Waals surface area contributed by atoms with Crippen molar-refractivity contribution < 1.29 is 4.79 Å². The molecule has 2 aromatic heterocycles. The van der Waals surface area contributed by atoms with Crippen LogP contribution in [-0.2, 0) is 0 Å². The second-order valence-electron chi connectivity index (χ2n) is 2.77. The molecule has 8 heteroatoms. The maximum absolute atomic E-state index is 11.4. The molecule has 3 N–H and O–H groups in total. The number of anilines is 2. The Labute approximate surface area is 95.3 Å². The summed E-state index contributed by atoms with van der Waals surface area (Å²) in [5.41, 5.74) is 0. The number of carbonyl (C=O) groups excluding carboxylic acids is 1. The fraction of sp³-hybridized carbons (Fsp3) is 0. The zero-order chi connectivity index (χ0) is 11.4. The highest BCUT2D eigenvalue weighted by molar-refractivity contribution is 6.29. The quantitative estimate of drug-likeness (QED) is 0.739. The van der Waals surface area contributed by atoms with Crippen molar-refractivity contribution in [3.05, 3.63) is 29.8 Å². The number of aromatic nitrogens is 4. The molecule has 0 bridgehead atoms. The number of urea groups is 1. The first kappa shape index (κ1) is 10.4. The number of nitrogens with one attached hydrogen (secondary N) is 3. The number of carbonyl (C=O) groups is 1. The van der Waals surface area contributed by atoms with Crippen LogP contribution in [0, 0.1) is 0 Å². The van der Waals surface area contributed by atoms with Crippen molar-refractivity contribution in [3.63, 3.8) is 0 Å². The fourth-order valence-corrected chi connectivity index (χ4v) is 1.07. The third-order valence-corrected chi connectivity index (χ3v) is 1.81. The third kappa shape index (κ3) is 2.67. The second-order valence-corrected chi connectivity index (χ2v) is 3.16.